The Bertz CT molecular complexity index is 713. The quantitative estimate of drug-likeness (QED) is 0.619. The largest absolute Gasteiger partial charge is 0.432 e. The van der Waals surface area contributed by atoms with Crippen molar-refractivity contribution in [3.05, 3.63) is 30.5 Å². The zero-order valence-corrected chi connectivity index (χ0v) is 14.6. The maximum Gasteiger partial charge on any atom is 0.387 e. The number of nitrogens with one attached hydrogen (secondary N) is 2. The van der Waals surface area contributed by atoms with Crippen molar-refractivity contribution in [2.75, 3.05) is 25.1 Å². The average molecular weight is 367 g/mol. The molecule has 142 valence electrons. The Labute approximate surface area is 150 Å². The molecule has 2 amide bonds. The molecule has 2 rings (SSSR count). The van der Waals surface area contributed by atoms with Crippen LogP contribution in [0.4, 0.5) is 19.3 Å². The highest BCUT2D eigenvalue weighted by atomic mass is 19.3. The number of benzene rings is 1. The van der Waals surface area contributed by atoms with Crippen LogP contribution in [-0.2, 0) is 4.74 Å². The number of alkyl halides is 2. The molecule has 2 N–H and O–H groups in total. The molecular formula is C18H23F2N3O3. The van der Waals surface area contributed by atoms with E-state index in [0.717, 1.165) is 19.4 Å². The van der Waals surface area contributed by atoms with Crippen LogP contribution in [0.3, 0.4) is 0 Å². The molecule has 0 atom stereocenters. The van der Waals surface area contributed by atoms with E-state index in [1.807, 2.05) is 0 Å². The maximum atomic E-state index is 12.5. The first kappa shape index (κ1) is 19.8. The van der Waals surface area contributed by atoms with E-state index in [9.17, 15) is 13.6 Å². The van der Waals surface area contributed by atoms with Crippen LogP contribution in [0.5, 0.6) is 5.75 Å². The number of aromatic nitrogens is 1. The molecule has 0 aliphatic heterocycles. The number of carbonyl (C=O) groups is 1. The standard InChI is InChI=1S/C18H23F2N3O3/c1-2-3-11-25-12-5-10-22-18(24)23-14-7-8-15(26-17(19)20)16-13(14)6-4-9-21-16/h4,6-9,17H,2-3,5,10-12H2,1H3,(H2,22,23,24). The maximum absolute atomic E-state index is 12.5. The number of ether oxygens (including phenoxy) is 2. The minimum absolute atomic E-state index is 0.0363. The van der Waals surface area contributed by atoms with Gasteiger partial charge in [-0.15, -0.1) is 0 Å². The van der Waals surface area contributed by atoms with Crippen LogP contribution in [0, 0.1) is 0 Å². The van der Waals surface area contributed by atoms with Crippen LogP contribution in [0.1, 0.15) is 26.2 Å². The summed E-state index contributed by atoms with van der Waals surface area (Å²) < 4.78 is 34.9. The van der Waals surface area contributed by atoms with E-state index < -0.39 is 6.61 Å². The first-order valence-corrected chi connectivity index (χ1v) is 8.57. The first-order valence-electron chi connectivity index (χ1n) is 8.57. The number of urea groups is 1. The van der Waals surface area contributed by atoms with Gasteiger partial charge in [0.1, 0.15) is 5.52 Å². The van der Waals surface area contributed by atoms with Crippen LogP contribution < -0.4 is 15.4 Å². The summed E-state index contributed by atoms with van der Waals surface area (Å²) in [4.78, 5) is 16.1. The minimum Gasteiger partial charge on any atom is -0.432 e. The lowest BCUT2D eigenvalue weighted by atomic mass is 10.1. The third kappa shape index (κ3) is 6.11. The number of rotatable bonds is 10. The summed E-state index contributed by atoms with van der Waals surface area (Å²) in [7, 11) is 0. The third-order valence-electron chi connectivity index (χ3n) is 3.59. The fraction of sp³-hybridized carbons (Fsp3) is 0.444. The fourth-order valence-corrected chi connectivity index (χ4v) is 2.34. The van der Waals surface area contributed by atoms with Gasteiger partial charge in [0.05, 0.1) is 5.69 Å². The van der Waals surface area contributed by atoms with Crippen molar-refractivity contribution in [2.24, 2.45) is 0 Å². The molecule has 0 fully saturated rings. The van der Waals surface area contributed by atoms with Crippen molar-refractivity contribution in [1.29, 1.82) is 0 Å². The van der Waals surface area contributed by atoms with Crippen LogP contribution >= 0.6 is 0 Å². The number of hydrogen-bond donors (Lipinski definition) is 2. The van der Waals surface area contributed by atoms with Crippen molar-refractivity contribution in [3.8, 4) is 5.75 Å². The van der Waals surface area contributed by atoms with E-state index in [-0.39, 0.29) is 17.3 Å². The van der Waals surface area contributed by atoms with Crippen molar-refractivity contribution in [2.45, 2.75) is 32.8 Å². The highest BCUT2D eigenvalue weighted by Gasteiger charge is 2.13. The fourth-order valence-electron chi connectivity index (χ4n) is 2.34. The number of halogens is 2. The van der Waals surface area contributed by atoms with E-state index in [2.05, 4.69) is 27.3 Å². The van der Waals surface area contributed by atoms with Gasteiger partial charge >= 0.3 is 12.6 Å². The second kappa shape index (κ2) is 10.5. The van der Waals surface area contributed by atoms with Gasteiger partial charge in [-0.3, -0.25) is 4.98 Å². The van der Waals surface area contributed by atoms with Crippen LogP contribution in [-0.4, -0.2) is 37.4 Å². The molecule has 0 radical (unpaired) electrons. The monoisotopic (exact) mass is 367 g/mol. The predicted octanol–water partition coefficient (Wildman–Crippen LogP) is 4.16. The number of carbonyl (C=O) groups excluding carboxylic acids is 1. The molecule has 0 saturated heterocycles. The van der Waals surface area contributed by atoms with E-state index >= 15 is 0 Å². The lowest BCUT2D eigenvalue weighted by molar-refractivity contribution is -0.0489. The minimum atomic E-state index is -2.94. The Hall–Kier alpha value is -2.48. The van der Waals surface area contributed by atoms with E-state index in [1.54, 1.807) is 12.1 Å². The molecule has 2 aromatic rings. The number of amides is 2. The first-order chi connectivity index (χ1) is 12.6. The molecule has 0 spiro atoms. The van der Waals surface area contributed by atoms with Gasteiger partial charge in [-0.2, -0.15) is 8.78 Å². The molecule has 0 saturated carbocycles. The summed E-state index contributed by atoms with van der Waals surface area (Å²) in [5.74, 6) is -0.0363. The van der Waals surface area contributed by atoms with Crippen LogP contribution in [0.2, 0.25) is 0 Å². The smallest absolute Gasteiger partial charge is 0.387 e. The number of fused-ring (bicyclic) bond motifs is 1. The molecular weight excluding hydrogens is 344 g/mol. The Morgan fingerprint density at radius 2 is 2.04 bits per heavy atom. The Balaban J connectivity index is 1.91. The van der Waals surface area contributed by atoms with Gasteiger partial charge in [0, 0.05) is 31.3 Å². The van der Waals surface area contributed by atoms with E-state index in [4.69, 9.17) is 4.74 Å². The normalized spacial score (nSPS) is 10.9. The lowest BCUT2D eigenvalue weighted by Gasteiger charge is -2.12. The predicted molar refractivity (Wildman–Crippen MR) is 95.7 cm³/mol. The van der Waals surface area contributed by atoms with Crippen LogP contribution in [0.25, 0.3) is 10.9 Å². The zero-order chi connectivity index (χ0) is 18.8. The summed E-state index contributed by atoms with van der Waals surface area (Å²) in [5.41, 5.74) is 0.723. The Morgan fingerprint density at radius 3 is 2.81 bits per heavy atom. The number of pyridine rings is 1. The van der Waals surface area contributed by atoms with Crippen molar-refractivity contribution < 1.29 is 23.0 Å². The van der Waals surface area contributed by atoms with Gasteiger partial charge in [0.25, 0.3) is 0 Å². The topological polar surface area (TPSA) is 72.5 Å². The molecule has 1 heterocycles. The van der Waals surface area contributed by atoms with Gasteiger partial charge < -0.3 is 20.1 Å². The highest BCUT2D eigenvalue weighted by molar-refractivity contribution is 6.02. The molecule has 26 heavy (non-hydrogen) atoms. The average Bonchev–Trinajstić information content (AvgIpc) is 2.62. The van der Waals surface area contributed by atoms with Gasteiger partial charge in [-0.25, -0.2) is 4.79 Å². The summed E-state index contributed by atoms with van der Waals surface area (Å²) in [6.45, 7) is 0.949. The van der Waals surface area contributed by atoms with Gasteiger partial charge in [0.2, 0.25) is 0 Å². The third-order valence-corrected chi connectivity index (χ3v) is 3.59. The number of anilines is 1. The highest BCUT2D eigenvalue weighted by Crippen LogP contribution is 2.30. The summed E-state index contributed by atoms with van der Waals surface area (Å²) >= 11 is 0. The molecule has 1 aromatic carbocycles. The Kier molecular flexibility index (Phi) is 8.01. The number of nitrogens with zero attached hydrogens (tertiary/aromatic N) is 1. The van der Waals surface area contributed by atoms with Gasteiger partial charge in [0.15, 0.2) is 5.75 Å². The van der Waals surface area contributed by atoms with E-state index in [0.29, 0.717) is 30.6 Å². The summed E-state index contributed by atoms with van der Waals surface area (Å²) in [6.07, 6.45) is 4.30. The van der Waals surface area contributed by atoms with Crippen molar-refractivity contribution >= 4 is 22.6 Å². The molecule has 1 aromatic heterocycles. The van der Waals surface area contributed by atoms with Crippen molar-refractivity contribution in [1.82, 2.24) is 10.3 Å². The molecule has 0 bridgehead atoms. The number of unbranched alkanes of at least 4 members (excludes halogenated alkanes) is 1. The molecule has 8 heteroatoms. The second-order valence-electron chi connectivity index (χ2n) is 5.59. The van der Waals surface area contributed by atoms with Crippen LogP contribution in [0.15, 0.2) is 30.5 Å². The lowest BCUT2D eigenvalue weighted by Crippen LogP contribution is -2.30. The molecule has 0 aliphatic carbocycles. The zero-order valence-electron chi connectivity index (χ0n) is 14.6. The van der Waals surface area contributed by atoms with E-state index in [1.165, 1.54) is 18.3 Å². The number of hydrogen-bond acceptors (Lipinski definition) is 4. The molecule has 0 unspecified atom stereocenters. The molecule has 0 aliphatic rings. The second-order valence-corrected chi connectivity index (χ2v) is 5.59. The SMILES string of the molecule is CCCCOCCCNC(=O)Nc1ccc(OC(F)F)c2ncccc12. The Morgan fingerprint density at radius 1 is 1.23 bits per heavy atom. The summed E-state index contributed by atoms with van der Waals surface area (Å²) in [6, 6.07) is 5.82. The van der Waals surface area contributed by atoms with Crippen molar-refractivity contribution in [3.63, 3.8) is 0 Å². The summed E-state index contributed by atoms with van der Waals surface area (Å²) in [5, 5.41) is 5.95. The molecule has 6 nitrogen and oxygen atoms in total. The van der Waals surface area contributed by atoms with Gasteiger partial charge in [-0.1, -0.05) is 13.3 Å². The van der Waals surface area contributed by atoms with Gasteiger partial charge in [-0.05, 0) is 37.1 Å².